The number of carbonyl (C=O) groups excluding carboxylic acids is 1. The topological polar surface area (TPSA) is 71.8 Å². The molecule has 2 aromatic rings. The zero-order valence-electron chi connectivity index (χ0n) is 10.6. The summed E-state index contributed by atoms with van der Waals surface area (Å²) >= 11 is 1.61. The number of hydrogen-bond donors (Lipinski definition) is 2. The van der Waals surface area contributed by atoms with Crippen LogP contribution >= 0.6 is 11.3 Å². The normalized spacial score (nSPS) is 19.4. The zero-order chi connectivity index (χ0) is 13.2. The lowest BCUT2D eigenvalue weighted by molar-refractivity contribution is -0.124. The number of amides is 1. The van der Waals surface area contributed by atoms with Crippen molar-refractivity contribution in [2.45, 2.75) is 12.5 Å². The maximum atomic E-state index is 11.7. The number of carbonyl (C=O) groups is 1. The minimum Gasteiger partial charge on any atom is -0.353 e. The molecule has 1 aliphatic heterocycles. The van der Waals surface area contributed by atoms with Gasteiger partial charge in [-0.2, -0.15) is 5.10 Å². The number of hydrogen-bond acceptors (Lipinski definition) is 5. The second-order valence-corrected chi connectivity index (χ2v) is 5.40. The molecule has 1 fully saturated rings. The minimum atomic E-state index is -0.215. The number of thiophene rings is 1. The fourth-order valence-electron chi connectivity index (χ4n) is 2.10. The fourth-order valence-corrected chi connectivity index (χ4v) is 2.75. The van der Waals surface area contributed by atoms with Gasteiger partial charge in [0.15, 0.2) is 5.82 Å². The number of aryl methyl sites for hydroxylation is 1. The molecule has 1 atom stereocenters. The van der Waals surface area contributed by atoms with Gasteiger partial charge < -0.3 is 10.6 Å². The number of nitrogens with one attached hydrogen (secondary N) is 2. The van der Waals surface area contributed by atoms with E-state index in [-0.39, 0.29) is 11.9 Å². The summed E-state index contributed by atoms with van der Waals surface area (Å²) in [5, 5.41) is 12.4. The molecule has 3 heterocycles. The second-order valence-electron chi connectivity index (χ2n) is 4.45. The van der Waals surface area contributed by atoms with Gasteiger partial charge in [-0.1, -0.05) is 6.07 Å². The molecule has 0 spiro atoms. The van der Waals surface area contributed by atoms with E-state index in [2.05, 4.69) is 20.7 Å². The average Bonchev–Trinajstić information content (AvgIpc) is 3.02. The van der Waals surface area contributed by atoms with E-state index >= 15 is 0 Å². The van der Waals surface area contributed by atoms with Crippen LogP contribution in [0.25, 0.3) is 10.7 Å². The van der Waals surface area contributed by atoms with Crippen molar-refractivity contribution in [1.82, 2.24) is 25.4 Å². The molecule has 2 aromatic heterocycles. The maximum absolute atomic E-state index is 11.7. The molecule has 0 aliphatic carbocycles. The number of nitrogens with zero attached hydrogens (tertiary/aromatic N) is 3. The van der Waals surface area contributed by atoms with Crippen LogP contribution in [0.2, 0.25) is 0 Å². The first-order chi connectivity index (χ1) is 9.24. The van der Waals surface area contributed by atoms with Crippen molar-refractivity contribution in [1.29, 1.82) is 0 Å². The van der Waals surface area contributed by atoms with Crippen LogP contribution in [0, 0.1) is 0 Å². The summed E-state index contributed by atoms with van der Waals surface area (Å²) in [4.78, 5) is 17.3. The summed E-state index contributed by atoms with van der Waals surface area (Å²) in [6, 6.07) is 3.76. The van der Waals surface area contributed by atoms with E-state index in [1.165, 1.54) is 0 Å². The van der Waals surface area contributed by atoms with Crippen LogP contribution in [0.5, 0.6) is 0 Å². The van der Waals surface area contributed by atoms with E-state index in [9.17, 15) is 4.79 Å². The van der Waals surface area contributed by atoms with Crippen molar-refractivity contribution >= 4 is 17.2 Å². The summed E-state index contributed by atoms with van der Waals surface area (Å²) < 4.78 is 1.75. The third kappa shape index (κ3) is 2.52. The SMILES string of the molecule is Cn1nc(-c2cccs2)nc1CC1NCCNC1=O. The summed E-state index contributed by atoms with van der Waals surface area (Å²) in [6.45, 7) is 1.49. The Kier molecular flexibility index (Phi) is 3.31. The largest absolute Gasteiger partial charge is 0.353 e. The smallest absolute Gasteiger partial charge is 0.237 e. The molecule has 2 N–H and O–H groups in total. The fraction of sp³-hybridized carbons (Fsp3) is 0.417. The Morgan fingerprint density at radius 1 is 1.53 bits per heavy atom. The van der Waals surface area contributed by atoms with Gasteiger partial charge in [-0.05, 0) is 11.4 Å². The van der Waals surface area contributed by atoms with E-state index in [1.807, 2.05) is 24.6 Å². The predicted octanol–water partition coefficient (Wildman–Crippen LogP) is 0.174. The molecule has 6 nitrogen and oxygen atoms in total. The van der Waals surface area contributed by atoms with Gasteiger partial charge in [0.2, 0.25) is 5.91 Å². The molecule has 100 valence electrons. The highest BCUT2D eigenvalue weighted by Crippen LogP contribution is 2.21. The Morgan fingerprint density at radius 3 is 3.16 bits per heavy atom. The monoisotopic (exact) mass is 277 g/mol. The van der Waals surface area contributed by atoms with Gasteiger partial charge in [0.25, 0.3) is 0 Å². The number of piperazine rings is 1. The Balaban J connectivity index is 1.79. The Hall–Kier alpha value is -1.73. The van der Waals surface area contributed by atoms with E-state index in [0.717, 1.165) is 23.1 Å². The molecule has 1 unspecified atom stereocenters. The van der Waals surface area contributed by atoms with Crippen molar-refractivity contribution in [3.05, 3.63) is 23.3 Å². The first-order valence-corrected chi connectivity index (χ1v) is 7.07. The molecule has 0 radical (unpaired) electrons. The lowest BCUT2D eigenvalue weighted by atomic mass is 10.1. The van der Waals surface area contributed by atoms with Crippen LogP contribution < -0.4 is 10.6 Å². The second kappa shape index (κ2) is 5.10. The van der Waals surface area contributed by atoms with E-state index in [4.69, 9.17) is 0 Å². The zero-order valence-corrected chi connectivity index (χ0v) is 11.4. The lowest BCUT2D eigenvalue weighted by Gasteiger charge is -2.22. The molecular formula is C12H15N5OS. The Morgan fingerprint density at radius 2 is 2.42 bits per heavy atom. The van der Waals surface area contributed by atoms with Crippen LogP contribution in [0.3, 0.4) is 0 Å². The Labute approximate surface area is 114 Å². The molecule has 7 heteroatoms. The summed E-state index contributed by atoms with van der Waals surface area (Å²) in [5.74, 6) is 1.58. The molecule has 1 aliphatic rings. The van der Waals surface area contributed by atoms with Crippen molar-refractivity contribution in [2.75, 3.05) is 13.1 Å². The highest BCUT2D eigenvalue weighted by atomic mass is 32.1. The first kappa shape index (κ1) is 12.3. The average molecular weight is 277 g/mol. The van der Waals surface area contributed by atoms with Crippen LogP contribution in [-0.2, 0) is 18.3 Å². The standard InChI is InChI=1S/C12H15N5OS/c1-17-10(7-8-12(18)14-5-4-13-8)15-11(16-17)9-3-2-6-19-9/h2-3,6,8,13H,4-5,7H2,1H3,(H,14,18). The molecular weight excluding hydrogens is 262 g/mol. The quantitative estimate of drug-likeness (QED) is 0.839. The van der Waals surface area contributed by atoms with Crippen molar-refractivity contribution in [3.8, 4) is 10.7 Å². The lowest BCUT2D eigenvalue weighted by Crippen LogP contribution is -2.54. The van der Waals surface area contributed by atoms with Gasteiger partial charge in [0.1, 0.15) is 5.82 Å². The predicted molar refractivity (Wildman–Crippen MR) is 72.8 cm³/mol. The van der Waals surface area contributed by atoms with Gasteiger partial charge in [-0.3, -0.25) is 9.48 Å². The molecule has 0 aromatic carbocycles. The molecule has 0 saturated carbocycles. The van der Waals surface area contributed by atoms with Crippen LogP contribution in [0.4, 0.5) is 0 Å². The molecule has 3 rings (SSSR count). The van der Waals surface area contributed by atoms with Gasteiger partial charge in [-0.25, -0.2) is 4.98 Å². The highest BCUT2D eigenvalue weighted by molar-refractivity contribution is 7.13. The van der Waals surface area contributed by atoms with Crippen molar-refractivity contribution in [3.63, 3.8) is 0 Å². The van der Waals surface area contributed by atoms with Gasteiger partial charge in [0.05, 0.1) is 10.9 Å². The number of aromatic nitrogens is 3. The van der Waals surface area contributed by atoms with E-state index in [1.54, 1.807) is 16.0 Å². The summed E-state index contributed by atoms with van der Waals surface area (Å²) in [7, 11) is 1.86. The van der Waals surface area contributed by atoms with Gasteiger partial charge >= 0.3 is 0 Å². The van der Waals surface area contributed by atoms with Crippen molar-refractivity contribution in [2.24, 2.45) is 7.05 Å². The van der Waals surface area contributed by atoms with Crippen LogP contribution in [0.1, 0.15) is 5.82 Å². The minimum absolute atomic E-state index is 0.0342. The van der Waals surface area contributed by atoms with Crippen molar-refractivity contribution < 1.29 is 4.79 Å². The highest BCUT2D eigenvalue weighted by Gasteiger charge is 2.24. The number of rotatable bonds is 3. The molecule has 1 amide bonds. The van der Waals surface area contributed by atoms with Gasteiger partial charge in [0, 0.05) is 26.6 Å². The van der Waals surface area contributed by atoms with E-state index in [0.29, 0.717) is 13.0 Å². The third-order valence-electron chi connectivity index (χ3n) is 3.11. The van der Waals surface area contributed by atoms with E-state index < -0.39 is 0 Å². The summed E-state index contributed by atoms with van der Waals surface area (Å²) in [5.41, 5.74) is 0. The first-order valence-electron chi connectivity index (χ1n) is 6.19. The summed E-state index contributed by atoms with van der Waals surface area (Å²) in [6.07, 6.45) is 0.556. The maximum Gasteiger partial charge on any atom is 0.237 e. The third-order valence-corrected chi connectivity index (χ3v) is 3.98. The molecule has 1 saturated heterocycles. The molecule has 19 heavy (non-hydrogen) atoms. The Bertz CT molecular complexity index is 577. The molecule has 0 bridgehead atoms. The van der Waals surface area contributed by atoms with Gasteiger partial charge in [-0.15, -0.1) is 11.3 Å². The van der Waals surface area contributed by atoms with Crippen LogP contribution in [0.15, 0.2) is 17.5 Å². The van der Waals surface area contributed by atoms with Crippen LogP contribution in [-0.4, -0.2) is 39.8 Å².